The third kappa shape index (κ3) is 3.06. The molecular formula is C13H22N2O5S. The Morgan fingerprint density at radius 3 is 2.57 bits per heavy atom. The number of hydrogen-bond acceptors (Lipinski definition) is 4. The highest BCUT2D eigenvalue weighted by Gasteiger charge is 2.49. The zero-order valence-electron chi connectivity index (χ0n) is 12.4. The molecule has 1 N–H and O–H groups in total. The second kappa shape index (κ2) is 5.92. The fourth-order valence-corrected chi connectivity index (χ4v) is 4.23. The first-order chi connectivity index (χ1) is 9.77. The quantitative estimate of drug-likeness (QED) is 0.768. The highest BCUT2D eigenvalue weighted by molar-refractivity contribution is 7.89. The number of aliphatic carboxylic acids is 1. The van der Waals surface area contributed by atoms with Crippen LogP contribution in [0.1, 0.15) is 26.2 Å². The number of likely N-dealkylation sites (N-methyl/N-ethyl adjacent to an activating group) is 1. The predicted molar refractivity (Wildman–Crippen MR) is 76.1 cm³/mol. The van der Waals surface area contributed by atoms with Gasteiger partial charge in [0.2, 0.25) is 15.9 Å². The van der Waals surface area contributed by atoms with Gasteiger partial charge in [0.15, 0.2) is 0 Å². The summed E-state index contributed by atoms with van der Waals surface area (Å²) in [6.07, 6.45) is 2.78. The topological polar surface area (TPSA) is 95.0 Å². The molecule has 0 bridgehead atoms. The first-order valence-electron chi connectivity index (χ1n) is 7.24. The van der Waals surface area contributed by atoms with E-state index in [1.165, 1.54) is 18.9 Å². The van der Waals surface area contributed by atoms with E-state index in [-0.39, 0.29) is 24.1 Å². The third-order valence-electron chi connectivity index (χ3n) is 4.66. The van der Waals surface area contributed by atoms with Crippen LogP contribution in [0.5, 0.6) is 0 Å². The Morgan fingerprint density at radius 2 is 2.00 bits per heavy atom. The van der Waals surface area contributed by atoms with Crippen molar-refractivity contribution in [3.05, 3.63) is 0 Å². The van der Waals surface area contributed by atoms with Gasteiger partial charge in [-0.15, -0.1) is 0 Å². The smallest absolute Gasteiger partial charge is 0.326 e. The van der Waals surface area contributed by atoms with Crippen LogP contribution in [0.25, 0.3) is 0 Å². The van der Waals surface area contributed by atoms with Gasteiger partial charge < -0.3 is 10.0 Å². The molecule has 1 aliphatic heterocycles. The predicted octanol–water partition coefficient (Wildman–Crippen LogP) is -0.0204. The molecule has 1 saturated heterocycles. The number of amides is 1. The molecule has 2 aliphatic rings. The largest absolute Gasteiger partial charge is 0.480 e. The molecule has 1 saturated carbocycles. The number of carbonyl (C=O) groups is 2. The molecule has 2 rings (SSSR count). The van der Waals surface area contributed by atoms with Gasteiger partial charge in [0.25, 0.3) is 0 Å². The van der Waals surface area contributed by atoms with Crippen LogP contribution in [0.3, 0.4) is 0 Å². The van der Waals surface area contributed by atoms with Gasteiger partial charge in [-0.25, -0.2) is 13.2 Å². The molecule has 1 amide bonds. The number of fused-ring (bicyclic) bond motifs is 1. The van der Waals surface area contributed by atoms with Crippen molar-refractivity contribution in [3.8, 4) is 0 Å². The second-order valence-corrected chi connectivity index (χ2v) is 8.21. The lowest BCUT2D eigenvalue weighted by Gasteiger charge is -2.26. The Kier molecular flexibility index (Phi) is 4.57. The van der Waals surface area contributed by atoms with Gasteiger partial charge in [-0.2, -0.15) is 4.31 Å². The van der Waals surface area contributed by atoms with Gasteiger partial charge in [0.1, 0.15) is 6.04 Å². The van der Waals surface area contributed by atoms with Crippen LogP contribution in [0, 0.1) is 11.8 Å². The zero-order valence-corrected chi connectivity index (χ0v) is 13.2. The van der Waals surface area contributed by atoms with Crippen LogP contribution in [-0.4, -0.2) is 66.5 Å². The summed E-state index contributed by atoms with van der Waals surface area (Å²) in [6, 6.07) is -0.803. The molecule has 0 aromatic carbocycles. The summed E-state index contributed by atoms with van der Waals surface area (Å²) in [7, 11) is -2.09. The molecule has 1 heterocycles. The summed E-state index contributed by atoms with van der Waals surface area (Å²) >= 11 is 0. The van der Waals surface area contributed by atoms with E-state index in [1.807, 2.05) is 0 Å². The van der Waals surface area contributed by atoms with E-state index in [0.717, 1.165) is 23.6 Å². The van der Waals surface area contributed by atoms with Gasteiger partial charge in [-0.3, -0.25) is 4.79 Å². The summed E-state index contributed by atoms with van der Waals surface area (Å²) < 4.78 is 24.4. The number of carboxylic acids is 1. The number of carboxylic acid groups (broad SMARTS) is 1. The average Bonchev–Trinajstić information content (AvgIpc) is 2.97. The van der Waals surface area contributed by atoms with E-state index in [0.29, 0.717) is 6.54 Å². The molecular weight excluding hydrogens is 296 g/mol. The van der Waals surface area contributed by atoms with Crippen molar-refractivity contribution in [3.63, 3.8) is 0 Å². The fraction of sp³-hybridized carbons (Fsp3) is 0.846. The number of likely N-dealkylation sites (tertiary alicyclic amines) is 1. The van der Waals surface area contributed by atoms with E-state index in [1.54, 1.807) is 0 Å². The van der Waals surface area contributed by atoms with Crippen LogP contribution < -0.4 is 0 Å². The van der Waals surface area contributed by atoms with Gasteiger partial charge in [0, 0.05) is 13.6 Å². The number of sulfonamides is 1. The Bertz CT molecular complexity index is 533. The van der Waals surface area contributed by atoms with Crippen molar-refractivity contribution in [1.29, 1.82) is 0 Å². The Morgan fingerprint density at radius 1 is 1.33 bits per heavy atom. The normalized spacial score (nSPS) is 28.9. The van der Waals surface area contributed by atoms with Crippen LogP contribution in [0.4, 0.5) is 0 Å². The van der Waals surface area contributed by atoms with E-state index in [2.05, 4.69) is 0 Å². The molecule has 1 aliphatic carbocycles. The molecule has 0 spiro atoms. The van der Waals surface area contributed by atoms with E-state index in [4.69, 9.17) is 0 Å². The number of nitrogens with zero attached hydrogens (tertiary/aromatic N) is 2. The van der Waals surface area contributed by atoms with Gasteiger partial charge in [0.05, 0.1) is 12.3 Å². The lowest BCUT2D eigenvalue weighted by Crippen LogP contribution is -2.47. The summed E-state index contributed by atoms with van der Waals surface area (Å²) in [5.41, 5.74) is 0. The standard InChI is InChI=1S/C13H22N2O5S/c1-3-21(19,20)14(2)8-11(16)15-7-9-5-4-6-10(9)12(15)13(17)18/h9-10,12H,3-8H2,1-2H3,(H,17,18). The third-order valence-corrected chi connectivity index (χ3v) is 6.47. The van der Waals surface area contributed by atoms with E-state index in [9.17, 15) is 23.1 Å². The van der Waals surface area contributed by atoms with Gasteiger partial charge in [-0.05, 0) is 31.6 Å². The molecule has 8 heteroatoms. The van der Waals surface area contributed by atoms with Gasteiger partial charge in [-0.1, -0.05) is 6.42 Å². The molecule has 21 heavy (non-hydrogen) atoms. The van der Waals surface area contributed by atoms with Gasteiger partial charge >= 0.3 is 5.97 Å². The Hall–Kier alpha value is -1.15. The number of rotatable bonds is 5. The SMILES string of the molecule is CCS(=O)(=O)N(C)CC(=O)N1CC2CCCC2C1C(=O)O. The number of hydrogen-bond donors (Lipinski definition) is 1. The van der Waals surface area contributed by atoms with Crippen LogP contribution >= 0.6 is 0 Å². The molecule has 3 atom stereocenters. The molecule has 3 unspecified atom stereocenters. The highest BCUT2D eigenvalue weighted by atomic mass is 32.2. The van der Waals surface area contributed by atoms with Crippen LogP contribution in [0.2, 0.25) is 0 Å². The minimum absolute atomic E-state index is 0.0135. The van der Waals surface area contributed by atoms with Crippen LogP contribution in [0.15, 0.2) is 0 Å². The monoisotopic (exact) mass is 318 g/mol. The first kappa shape index (κ1) is 16.2. The zero-order chi connectivity index (χ0) is 15.8. The van der Waals surface area contributed by atoms with Crippen molar-refractivity contribution >= 4 is 21.9 Å². The molecule has 120 valence electrons. The summed E-state index contributed by atoms with van der Waals surface area (Å²) in [5, 5.41) is 9.39. The maximum absolute atomic E-state index is 12.3. The maximum Gasteiger partial charge on any atom is 0.326 e. The fourth-order valence-electron chi connectivity index (χ4n) is 3.48. The van der Waals surface area contributed by atoms with Crippen molar-refractivity contribution in [1.82, 2.24) is 9.21 Å². The first-order valence-corrected chi connectivity index (χ1v) is 8.85. The molecule has 2 fully saturated rings. The molecule has 7 nitrogen and oxygen atoms in total. The van der Waals surface area contributed by atoms with E-state index < -0.39 is 27.9 Å². The summed E-state index contributed by atoms with van der Waals surface area (Å²) in [6.45, 7) is 1.65. The van der Waals surface area contributed by atoms with E-state index >= 15 is 0 Å². The average molecular weight is 318 g/mol. The molecule has 0 aromatic heterocycles. The molecule has 0 aromatic rings. The molecule has 0 radical (unpaired) electrons. The second-order valence-electron chi connectivity index (χ2n) is 5.84. The summed E-state index contributed by atoms with van der Waals surface area (Å²) in [5.74, 6) is -1.23. The lowest BCUT2D eigenvalue weighted by atomic mass is 9.94. The van der Waals surface area contributed by atoms with Crippen molar-refractivity contribution in [2.45, 2.75) is 32.2 Å². The lowest BCUT2D eigenvalue weighted by molar-refractivity contribution is -0.149. The Labute approximate surface area is 125 Å². The van der Waals surface area contributed by atoms with Crippen LogP contribution in [-0.2, 0) is 19.6 Å². The number of carbonyl (C=O) groups excluding carboxylic acids is 1. The van der Waals surface area contributed by atoms with Crippen molar-refractivity contribution < 1.29 is 23.1 Å². The maximum atomic E-state index is 12.3. The minimum atomic E-state index is -3.44. The van der Waals surface area contributed by atoms with Crippen molar-refractivity contribution in [2.24, 2.45) is 11.8 Å². The summed E-state index contributed by atoms with van der Waals surface area (Å²) in [4.78, 5) is 25.2. The van der Waals surface area contributed by atoms with Crippen molar-refractivity contribution in [2.75, 3.05) is 25.9 Å². The minimum Gasteiger partial charge on any atom is -0.480 e. The highest BCUT2D eigenvalue weighted by Crippen LogP contribution is 2.42. The Balaban J connectivity index is 2.10.